The Morgan fingerprint density at radius 2 is 1.86 bits per heavy atom. The highest BCUT2D eigenvalue weighted by atomic mass is 35.5. The molecule has 1 fully saturated rings. The topological polar surface area (TPSA) is 24.5 Å². The number of nitrogens with zero attached hydrogens (tertiary/aromatic N) is 1. The summed E-state index contributed by atoms with van der Waals surface area (Å²) in [4.78, 5) is 2.11. The van der Waals surface area contributed by atoms with Gasteiger partial charge in [-0.25, -0.2) is 0 Å². The average molecular weight is 325 g/mol. The van der Waals surface area contributed by atoms with Crippen molar-refractivity contribution in [3.8, 4) is 5.75 Å². The fraction of sp³-hybridized carbons (Fsp3) is 0.571. The zero-order valence-corrected chi connectivity index (χ0v) is 12.4. The van der Waals surface area contributed by atoms with E-state index in [1.807, 2.05) is 0 Å². The number of hydrogen-bond donors (Lipinski definition) is 1. The Hall–Kier alpha value is -0.980. The number of piperazine rings is 1. The van der Waals surface area contributed by atoms with Gasteiger partial charge in [-0.05, 0) is 12.5 Å². The van der Waals surface area contributed by atoms with E-state index in [4.69, 9.17) is 0 Å². The Morgan fingerprint density at radius 1 is 1.19 bits per heavy atom. The monoisotopic (exact) mass is 324 g/mol. The van der Waals surface area contributed by atoms with Crippen LogP contribution in [0.2, 0.25) is 0 Å². The maximum atomic E-state index is 12.8. The van der Waals surface area contributed by atoms with Gasteiger partial charge in [0.05, 0.1) is 6.67 Å². The molecule has 120 valence electrons. The van der Waals surface area contributed by atoms with Gasteiger partial charge in [0.1, 0.15) is 5.75 Å². The van der Waals surface area contributed by atoms with Crippen molar-refractivity contribution in [2.45, 2.75) is 19.1 Å². The van der Waals surface area contributed by atoms with Gasteiger partial charge in [-0.1, -0.05) is 18.2 Å². The SMILES string of the molecule is Cl.FCC[C@H](c1ccccc1OC(F)F)N1CCNCC1. The number of alkyl halides is 3. The van der Waals surface area contributed by atoms with E-state index in [9.17, 15) is 13.2 Å². The summed E-state index contributed by atoms with van der Waals surface area (Å²) in [6, 6.07) is 6.43. The first-order chi connectivity index (χ1) is 9.72. The fourth-order valence-electron chi connectivity index (χ4n) is 2.59. The molecule has 0 amide bonds. The van der Waals surface area contributed by atoms with Crippen molar-refractivity contribution < 1.29 is 17.9 Å². The van der Waals surface area contributed by atoms with Gasteiger partial charge in [0.15, 0.2) is 0 Å². The second-order valence-corrected chi connectivity index (χ2v) is 4.70. The van der Waals surface area contributed by atoms with Gasteiger partial charge in [-0.3, -0.25) is 9.29 Å². The van der Waals surface area contributed by atoms with Crippen molar-refractivity contribution in [2.75, 3.05) is 32.9 Å². The van der Waals surface area contributed by atoms with Crippen molar-refractivity contribution in [2.24, 2.45) is 0 Å². The average Bonchev–Trinajstić information content (AvgIpc) is 2.46. The van der Waals surface area contributed by atoms with Gasteiger partial charge < -0.3 is 10.1 Å². The van der Waals surface area contributed by atoms with Crippen LogP contribution in [0.5, 0.6) is 5.75 Å². The molecule has 1 N–H and O–H groups in total. The minimum absolute atomic E-state index is 0. The molecule has 0 radical (unpaired) electrons. The van der Waals surface area contributed by atoms with Crippen molar-refractivity contribution in [3.05, 3.63) is 29.8 Å². The van der Waals surface area contributed by atoms with Gasteiger partial charge in [0.25, 0.3) is 0 Å². The smallest absolute Gasteiger partial charge is 0.387 e. The molecule has 1 aromatic carbocycles. The van der Waals surface area contributed by atoms with E-state index in [1.165, 1.54) is 6.07 Å². The minimum atomic E-state index is -2.87. The summed E-state index contributed by atoms with van der Waals surface area (Å²) < 4.78 is 42.4. The molecule has 1 aromatic rings. The third-order valence-electron chi connectivity index (χ3n) is 3.47. The number of hydrogen-bond acceptors (Lipinski definition) is 3. The van der Waals surface area contributed by atoms with E-state index in [1.54, 1.807) is 18.2 Å². The predicted octanol–water partition coefficient (Wildman–Crippen LogP) is 3.02. The van der Waals surface area contributed by atoms with Gasteiger partial charge in [-0.15, -0.1) is 12.4 Å². The molecule has 3 nitrogen and oxygen atoms in total. The molecule has 0 aromatic heterocycles. The lowest BCUT2D eigenvalue weighted by molar-refractivity contribution is -0.0513. The summed E-state index contributed by atoms with van der Waals surface area (Å²) in [5.74, 6) is 0.138. The highest BCUT2D eigenvalue weighted by Gasteiger charge is 2.25. The highest BCUT2D eigenvalue weighted by molar-refractivity contribution is 5.85. The quantitative estimate of drug-likeness (QED) is 0.870. The summed E-state index contributed by atoms with van der Waals surface area (Å²) in [7, 11) is 0. The molecule has 1 heterocycles. The summed E-state index contributed by atoms with van der Waals surface area (Å²) in [5.41, 5.74) is 0.632. The Bertz CT molecular complexity index is 417. The number of para-hydroxylation sites is 1. The number of nitrogens with one attached hydrogen (secondary N) is 1. The van der Waals surface area contributed by atoms with Crippen LogP contribution < -0.4 is 10.1 Å². The zero-order chi connectivity index (χ0) is 14.4. The van der Waals surface area contributed by atoms with E-state index < -0.39 is 13.3 Å². The molecule has 21 heavy (non-hydrogen) atoms. The van der Waals surface area contributed by atoms with Crippen molar-refractivity contribution in [3.63, 3.8) is 0 Å². The molecule has 1 aliphatic rings. The predicted molar refractivity (Wildman–Crippen MR) is 78.1 cm³/mol. The van der Waals surface area contributed by atoms with E-state index >= 15 is 0 Å². The third kappa shape index (κ3) is 5.05. The third-order valence-corrected chi connectivity index (χ3v) is 3.47. The Balaban J connectivity index is 0.00000220. The van der Waals surface area contributed by atoms with Crippen LogP contribution in [-0.2, 0) is 0 Å². The molecule has 7 heteroatoms. The highest BCUT2D eigenvalue weighted by Crippen LogP contribution is 2.33. The maximum Gasteiger partial charge on any atom is 0.387 e. The molecule has 2 rings (SSSR count). The Labute approximate surface area is 128 Å². The summed E-state index contributed by atoms with van der Waals surface area (Å²) in [5, 5.41) is 3.22. The molecule has 1 aliphatic heterocycles. The van der Waals surface area contributed by atoms with E-state index in [2.05, 4.69) is 15.0 Å². The second-order valence-electron chi connectivity index (χ2n) is 4.70. The van der Waals surface area contributed by atoms with Gasteiger partial charge in [0, 0.05) is 37.8 Å². The van der Waals surface area contributed by atoms with Crippen LogP contribution in [0, 0.1) is 0 Å². The van der Waals surface area contributed by atoms with E-state index in [0.717, 1.165) is 26.2 Å². The normalized spacial score (nSPS) is 17.3. The number of halogens is 4. The Morgan fingerprint density at radius 3 is 2.48 bits per heavy atom. The van der Waals surface area contributed by atoms with Crippen LogP contribution in [0.15, 0.2) is 24.3 Å². The van der Waals surface area contributed by atoms with Crippen LogP contribution >= 0.6 is 12.4 Å². The van der Waals surface area contributed by atoms with E-state index in [0.29, 0.717) is 5.56 Å². The summed E-state index contributed by atoms with van der Waals surface area (Å²) >= 11 is 0. The Kier molecular flexibility index (Phi) is 7.85. The number of rotatable bonds is 6. The van der Waals surface area contributed by atoms with Crippen LogP contribution in [-0.4, -0.2) is 44.4 Å². The maximum absolute atomic E-state index is 12.8. The van der Waals surface area contributed by atoms with Crippen molar-refractivity contribution in [1.29, 1.82) is 0 Å². The molecule has 0 bridgehead atoms. The molecule has 0 aliphatic carbocycles. The molecule has 1 atom stereocenters. The van der Waals surface area contributed by atoms with E-state index in [-0.39, 0.29) is 30.6 Å². The van der Waals surface area contributed by atoms with Crippen LogP contribution in [0.3, 0.4) is 0 Å². The van der Waals surface area contributed by atoms with Crippen molar-refractivity contribution in [1.82, 2.24) is 10.2 Å². The van der Waals surface area contributed by atoms with Crippen LogP contribution in [0.25, 0.3) is 0 Å². The van der Waals surface area contributed by atoms with Crippen molar-refractivity contribution >= 4 is 12.4 Å². The lowest BCUT2D eigenvalue weighted by Crippen LogP contribution is -2.45. The molecule has 0 unspecified atom stereocenters. The number of benzene rings is 1. The lowest BCUT2D eigenvalue weighted by atomic mass is 10.0. The summed E-state index contributed by atoms with van der Waals surface area (Å²) in [6.07, 6.45) is 0.281. The minimum Gasteiger partial charge on any atom is -0.434 e. The molecule has 0 spiro atoms. The second kappa shape index (κ2) is 9.12. The molecule has 1 saturated heterocycles. The lowest BCUT2D eigenvalue weighted by Gasteiger charge is -2.35. The standard InChI is InChI=1S/C14H19F3N2O.ClH/c15-6-5-12(19-9-7-18-8-10-19)11-3-1-2-4-13(11)20-14(16)17;/h1-4,12,14,18H,5-10H2;1H/t12-;/m1./s1. The molecule has 0 saturated carbocycles. The zero-order valence-electron chi connectivity index (χ0n) is 11.6. The molecular formula is C14H20ClF3N2O. The first kappa shape index (κ1) is 18.1. The van der Waals surface area contributed by atoms with Crippen LogP contribution in [0.4, 0.5) is 13.2 Å². The van der Waals surface area contributed by atoms with Gasteiger partial charge >= 0.3 is 6.61 Å². The first-order valence-electron chi connectivity index (χ1n) is 6.77. The first-order valence-corrected chi connectivity index (χ1v) is 6.77. The fourth-order valence-corrected chi connectivity index (χ4v) is 2.59. The van der Waals surface area contributed by atoms with Gasteiger partial charge in [0.2, 0.25) is 0 Å². The molecular weight excluding hydrogens is 305 g/mol. The number of ether oxygens (including phenoxy) is 1. The summed E-state index contributed by atoms with van der Waals surface area (Å²) in [6.45, 7) is -0.175. The van der Waals surface area contributed by atoms with Gasteiger partial charge in [-0.2, -0.15) is 8.78 Å². The largest absolute Gasteiger partial charge is 0.434 e. The van der Waals surface area contributed by atoms with Crippen LogP contribution in [0.1, 0.15) is 18.0 Å².